The van der Waals surface area contributed by atoms with Crippen LogP contribution in [0.15, 0.2) is 42.5 Å². The first kappa shape index (κ1) is 19.9. The van der Waals surface area contributed by atoms with Crippen LogP contribution in [0.5, 0.6) is 0 Å². The summed E-state index contributed by atoms with van der Waals surface area (Å²) >= 11 is 6.03. The maximum Gasteiger partial charge on any atom is 0.270 e. The molecule has 1 heterocycles. The second-order valence-corrected chi connectivity index (χ2v) is 7.76. The first-order chi connectivity index (χ1) is 12.2. The molecule has 2 aromatic rings. The molecule has 0 fully saturated rings. The van der Waals surface area contributed by atoms with Crippen LogP contribution in [0, 0.1) is 5.41 Å². The minimum Gasteiger partial charge on any atom is -0.357 e. The lowest BCUT2D eigenvalue weighted by Gasteiger charge is -2.25. The Morgan fingerprint density at radius 2 is 1.85 bits per heavy atom. The highest BCUT2D eigenvalue weighted by Crippen LogP contribution is 2.22. The van der Waals surface area contributed by atoms with Crippen molar-refractivity contribution in [3.05, 3.63) is 53.2 Å². The average Bonchev–Trinajstić information content (AvgIpc) is 2.59. The van der Waals surface area contributed by atoms with Gasteiger partial charge in [0.2, 0.25) is 5.91 Å². The largest absolute Gasteiger partial charge is 0.357 e. The van der Waals surface area contributed by atoms with Crippen LogP contribution in [0.3, 0.4) is 0 Å². The number of nitrogens with one attached hydrogen (secondary N) is 2. The number of pyridine rings is 1. The van der Waals surface area contributed by atoms with Gasteiger partial charge >= 0.3 is 0 Å². The maximum absolute atomic E-state index is 12.6. The van der Waals surface area contributed by atoms with Crippen LogP contribution in [0.4, 0.5) is 0 Å². The van der Waals surface area contributed by atoms with Crippen molar-refractivity contribution in [2.24, 2.45) is 5.41 Å². The Morgan fingerprint density at radius 1 is 1.15 bits per heavy atom. The van der Waals surface area contributed by atoms with E-state index in [9.17, 15) is 9.59 Å². The molecule has 5 nitrogen and oxygen atoms in total. The van der Waals surface area contributed by atoms with Crippen LogP contribution in [0.25, 0.3) is 11.3 Å². The monoisotopic (exact) mass is 373 g/mol. The van der Waals surface area contributed by atoms with Gasteiger partial charge < -0.3 is 10.6 Å². The minimum atomic E-state index is -0.621. The van der Waals surface area contributed by atoms with Crippen molar-refractivity contribution in [1.29, 1.82) is 0 Å². The van der Waals surface area contributed by atoms with Gasteiger partial charge in [0.1, 0.15) is 11.7 Å². The molecule has 0 bridgehead atoms. The number of carbonyl (C=O) groups is 2. The van der Waals surface area contributed by atoms with Gasteiger partial charge in [-0.1, -0.05) is 50.6 Å². The Hall–Kier alpha value is -2.40. The van der Waals surface area contributed by atoms with Crippen molar-refractivity contribution < 1.29 is 9.59 Å². The number of rotatable bonds is 5. The number of halogens is 1. The molecule has 0 radical (unpaired) electrons. The van der Waals surface area contributed by atoms with Gasteiger partial charge in [-0.2, -0.15) is 0 Å². The number of hydrogen-bond donors (Lipinski definition) is 2. The van der Waals surface area contributed by atoms with Crippen LogP contribution in [-0.4, -0.2) is 29.9 Å². The fourth-order valence-electron chi connectivity index (χ4n) is 2.60. The van der Waals surface area contributed by atoms with Crippen LogP contribution in [0.2, 0.25) is 5.02 Å². The predicted molar refractivity (Wildman–Crippen MR) is 104 cm³/mol. The standard InChI is InChI=1S/C20H24ClN3O2/c1-20(2,3)12-17(18(25)22-4)24-19(26)16-10-6-9-15(23-16)13-7-5-8-14(21)11-13/h5-11,17H,12H2,1-4H3,(H,22,25)(H,24,26)/t17-/m0/s1. The molecular weight excluding hydrogens is 350 g/mol. The summed E-state index contributed by atoms with van der Waals surface area (Å²) < 4.78 is 0. The highest BCUT2D eigenvalue weighted by atomic mass is 35.5. The van der Waals surface area contributed by atoms with E-state index in [1.807, 2.05) is 39.0 Å². The molecule has 26 heavy (non-hydrogen) atoms. The van der Waals surface area contributed by atoms with Crippen molar-refractivity contribution in [3.63, 3.8) is 0 Å². The highest BCUT2D eigenvalue weighted by molar-refractivity contribution is 6.30. The van der Waals surface area contributed by atoms with E-state index in [2.05, 4.69) is 15.6 Å². The van der Waals surface area contributed by atoms with Crippen LogP contribution < -0.4 is 10.6 Å². The Bertz CT molecular complexity index is 800. The SMILES string of the molecule is CNC(=O)[C@H](CC(C)(C)C)NC(=O)c1cccc(-c2cccc(Cl)c2)n1. The zero-order valence-electron chi connectivity index (χ0n) is 15.5. The quantitative estimate of drug-likeness (QED) is 0.839. The Morgan fingerprint density at radius 3 is 2.46 bits per heavy atom. The van der Waals surface area contributed by atoms with E-state index >= 15 is 0 Å². The molecule has 0 aliphatic carbocycles. The number of likely N-dealkylation sites (N-methyl/N-ethyl adjacent to an activating group) is 1. The number of carbonyl (C=O) groups excluding carboxylic acids is 2. The number of nitrogens with zero attached hydrogens (tertiary/aromatic N) is 1. The maximum atomic E-state index is 12.6. The van der Waals surface area contributed by atoms with Gasteiger partial charge in [0.15, 0.2) is 0 Å². The van der Waals surface area contributed by atoms with Crippen LogP contribution in [-0.2, 0) is 4.79 Å². The zero-order chi connectivity index (χ0) is 19.3. The Balaban J connectivity index is 2.23. The van der Waals surface area contributed by atoms with E-state index in [-0.39, 0.29) is 22.9 Å². The first-order valence-corrected chi connectivity index (χ1v) is 8.83. The van der Waals surface area contributed by atoms with E-state index in [0.717, 1.165) is 5.56 Å². The van der Waals surface area contributed by atoms with Gasteiger partial charge in [0, 0.05) is 17.6 Å². The fraction of sp³-hybridized carbons (Fsp3) is 0.350. The van der Waals surface area contributed by atoms with Crippen molar-refractivity contribution in [2.45, 2.75) is 33.2 Å². The summed E-state index contributed by atoms with van der Waals surface area (Å²) in [6.07, 6.45) is 0.520. The van der Waals surface area contributed by atoms with Gasteiger partial charge in [-0.3, -0.25) is 9.59 Å². The summed E-state index contributed by atoms with van der Waals surface area (Å²) in [7, 11) is 1.56. The summed E-state index contributed by atoms with van der Waals surface area (Å²) in [6, 6.07) is 11.9. The van der Waals surface area contributed by atoms with E-state index in [4.69, 9.17) is 11.6 Å². The van der Waals surface area contributed by atoms with Gasteiger partial charge in [-0.25, -0.2) is 4.98 Å². The third-order valence-corrected chi connectivity index (χ3v) is 4.02. The molecule has 1 aromatic carbocycles. The van der Waals surface area contributed by atoms with E-state index < -0.39 is 6.04 Å². The number of benzene rings is 1. The van der Waals surface area contributed by atoms with Crippen molar-refractivity contribution >= 4 is 23.4 Å². The van der Waals surface area contributed by atoms with Crippen molar-refractivity contribution in [2.75, 3.05) is 7.05 Å². The number of amides is 2. The van der Waals surface area contributed by atoms with E-state index in [0.29, 0.717) is 17.1 Å². The molecule has 0 spiro atoms. The van der Waals surface area contributed by atoms with Gasteiger partial charge in [0.05, 0.1) is 5.69 Å². The first-order valence-electron chi connectivity index (χ1n) is 8.45. The normalized spacial score (nSPS) is 12.3. The Kier molecular flexibility index (Phi) is 6.37. The lowest BCUT2D eigenvalue weighted by Crippen LogP contribution is -2.47. The van der Waals surface area contributed by atoms with Gasteiger partial charge in [-0.15, -0.1) is 0 Å². The third kappa shape index (κ3) is 5.56. The lowest BCUT2D eigenvalue weighted by molar-refractivity contribution is -0.123. The highest BCUT2D eigenvalue weighted by Gasteiger charge is 2.26. The summed E-state index contributed by atoms with van der Waals surface area (Å²) in [4.78, 5) is 29.2. The fourth-order valence-corrected chi connectivity index (χ4v) is 2.79. The Labute approximate surface area is 159 Å². The molecule has 138 valence electrons. The molecule has 2 rings (SSSR count). The van der Waals surface area contributed by atoms with Crippen LogP contribution >= 0.6 is 11.6 Å². The summed E-state index contributed by atoms with van der Waals surface area (Å²) in [6.45, 7) is 6.06. The molecule has 1 atom stereocenters. The second kappa shape index (κ2) is 8.32. The lowest BCUT2D eigenvalue weighted by atomic mass is 9.87. The summed E-state index contributed by atoms with van der Waals surface area (Å²) in [5, 5.41) is 5.99. The topological polar surface area (TPSA) is 71.1 Å². The molecular formula is C20H24ClN3O2. The van der Waals surface area contributed by atoms with Crippen LogP contribution in [0.1, 0.15) is 37.7 Å². The predicted octanol–water partition coefficient (Wildman–Crippen LogP) is 3.68. The summed E-state index contributed by atoms with van der Waals surface area (Å²) in [5.74, 6) is -0.606. The molecule has 2 amide bonds. The second-order valence-electron chi connectivity index (χ2n) is 7.32. The van der Waals surface area contributed by atoms with Crippen molar-refractivity contribution in [1.82, 2.24) is 15.6 Å². The molecule has 0 aliphatic heterocycles. The zero-order valence-corrected chi connectivity index (χ0v) is 16.2. The molecule has 0 saturated heterocycles. The van der Waals surface area contributed by atoms with E-state index in [1.165, 1.54) is 0 Å². The van der Waals surface area contributed by atoms with Crippen molar-refractivity contribution in [3.8, 4) is 11.3 Å². The molecule has 0 unspecified atom stereocenters. The minimum absolute atomic E-state index is 0.111. The molecule has 1 aromatic heterocycles. The molecule has 0 saturated carbocycles. The van der Waals surface area contributed by atoms with E-state index in [1.54, 1.807) is 31.3 Å². The average molecular weight is 374 g/mol. The van der Waals surface area contributed by atoms with Gasteiger partial charge in [-0.05, 0) is 36.1 Å². The van der Waals surface area contributed by atoms with Gasteiger partial charge in [0.25, 0.3) is 5.91 Å². The molecule has 2 N–H and O–H groups in total. The third-order valence-electron chi connectivity index (χ3n) is 3.79. The number of hydrogen-bond acceptors (Lipinski definition) is 3. The molecule has 0 aliphatic rings. The molecule has 6 heteroatoms. The summed E-state index contributed by atoms with van der Waals surface area (Å²) in [5.41, 5.74) is 1.61. The number of aromatic nitrogens is 1. The smallest absolute Gasteiger partial charge is 0.270 e.